The molecule has 0 saturated carbocycles. The molecule has 0 aliphatic carbocycles. The van der Waals surface area contributed by atoms with Crippen LogP contribution in [0.25, 0.3) is 5.69 Å². The van der Waals surface area contributed by atoms with E-state index in [0.717, 1.165) is 10.6 Å². The van der Waals surface area contributed by atoms with Crippen LogP contribution in [0.1, 0.15) is 16.2 Å². The number of aromatic nitrogens is 2. The molecule has 7 heteroatoms. The smallest absolute Gasteiger partial charge is 0.275 e. The van der Waals surface area contributed by atoms with Crippen molar-refractivity contribution in [3.63, 3.8) is 0 Å². The molecule has 0 spiro atoms. The number of rotatable bonds is 6. The number of carbonyl (C=O) groups excluding carboxylic acids is 1. The molecule has 0 aliphatic rings. The van der Waals surface area contributed by atoms with E-state index < -0.39 is 11.3 Å². The molecule has 0 atom stereocenters. The predicted molar refractivity (Wildman–Crippen MR) is 109 cm³/mol. The van der Waals surface area contributed by atoms with Crippen molar-refractivity contribution in [2.45, 2.75) is 11.8 Å². The van der Waals surface area contributed by atoms with E-state index in [0.29, 0.717) is 23.0 Å². The zero-order chi connectivity index (χ0) is 19.2. The molecule has 0 fully saturated rings. The van der Waals surface area contributed by atoms with Gasteiger partial charge in [-0.1, -0.05) is 29.8 Å². The Kier molecular flexibility index (Phi) is 6.32. The van der Waals surface area contributed by atoms with Crippen molar-refractivity contribution in [1.29, 1.82) is 0 Å². The maximum absolute atomic E-state index is 12.4. The maximum atomic E-state index is 12.4. The van der Waals surface area contributed by atoms with Gasteiger partial charge in [0.1, 0.15) is 0 Å². The fraction of sp³-hybridized carbons (Fsp3) is 0.150. The molecule has 138 valence electrons. The van der Waals surface area contributed by atoms with Crippen molar-refractivity contribution in [3.05, 3.63) is 87.3 Å². The van der Waals surface area contributed by atoms with Crippen LogP contribution in [0.15, 0.2) is 70.4 Å². The van der Waals surface area contributed by atoms with Gasteiger partial charge in [0, 0.05) is 34.0 Å². The number of carbonyl (C=O) groups is 1. The fourth-order valence-electron chi connectivity index (χ4n) is 2.48. The second kappa shape index (κ2) is 8.88. The predicted octanol–water partition coefficient (Wildman–Crippen LogP) is 3.72. The normalized spacial score (nSPS) is 10.6. The lowest BCUT2D eigenvalue weighted by atomic mass is 10.2. The van der Waals surface area contributed by atoms with Crippen molar-refractivity contribution in [2.24, 2.45) is 0 Å². The number of hydrogen-bond donors (Lipinski definition) is 1. The summed E-state index contributed by atoms with van der Waals surface area (Å²) >= 11 is 7.55. The Morgan fingerprint density at radius 3 is 2.56 bits per heavy atom. The molecule has 0 aliphatic heterocycles. The molecule has 3 rings (SSSR count). The summed E-state index contributed by atoms with van der Waals surface area (Å²) in [4.78, 5) is 25.7. The van der Waals surface area contributed by atoms with Gasteiger partial charge in [-0.3, -0.25) is 9.59 Å². The van der Waals surface area contributed by atoms with Crippen LogP contribution in [-0.2, 0) is 0 Å². The Morgan fingerprint density at radius 2 is 1.85 bits per heavy atom. The Balaban J connectivity index is 1.69. The zero-order valence-corrected chi connectivity index (χ0v) is 16.3. The number of aryl methyl sites for hydroxylation is 1. The third-order valence-corrected chi connectivity index (χ3v) is 5.06. The number of benzene rings is 2. The summed E-state index contributed by atoms with van der Waals surface area (Å²) in [7, 11) is 0. The van der Waals surface area contributed by atoms with Gasteiger partial charge in [0.2, 0.25) is 5.43 Å². The summed E-state index contributed by atoms with van der Waals surface area (Å²) in [6, 6.07) is 18.4. The molecule has 1 heterocycles. The average Bonchev–Trinajstić information content (AvgIpc) is 2.67. The Morgan fingerprint density at radius 1 is 1.15 bits per heavy atom. The van der Waals surface area contributed by atoms with Gasteiger partial charge in [0.25, 0.3) is 5.91 Å². The molecule has 1 aromatic heterocycles. The maximum Gasteiger partial charge on any atom is 0.275 e. The highest BCUT2D eigenvalue weighted by Crippen LogP contribution is 2.16. The molecule has 1 amide bonds. The summed E-state index contributed by atoms with van der Waals surface area (Å²) in [5.41, 5.74) is 0.843. The van der Waals surface area contributed by atoms with Crippen molar-refractivity contribution >= 4 is 29.3 Å². The number of thioether (sulfide) groups is 1. The van der Waals surface area contributed by atoms with Crippen molar-refractivity contribution in [3.8, 4) is 5.69 Å². The fourth-order valence-corrected chi connectivity index (χ4v) is 3.40. The Labute approximate surface area is 166 Å². The van der Waals surface area contributed by atoms with Gasteiger partial charge in [-0.15, -0.1) is 11.8 Å². The van der Waals surface area contributed by atoms with Crippen LogP contribution in [0.5, 0.6) is 0 Å². The number of amides is 1. The Bertz CT molecular complexity index is 988. The first kappa shape index (κ1) is 19.2. The van der Waals surface area contributed by atoms with E-state index in [-0.39, 0.29) is 5.69 Å². The molecule has 0 radical (unpaired) electrons. The summed E-state index contributed by atoms with van der Waals surface area (Å²) < 4.78 is 1.56. The van der Waals surface area contributed by atoms with Gasteiger partial charge in [0.15, 0.2) is 5.69 Å². The van der Waals surface area contributed by atoms with E-state index in [1.54, 1.807) is 47.6 Å². The van der Waals surface area contributed by atoms with Crippen molar-refractivity contribution < 1.29 is 4.79 Å². The summed E-state index contributed by atoms with van der Waals surface area (Å²) in [6.07, 6.45) is 0. The highest BCUT2D eigenvalue weighted by Gasteiger charge is 2.15. The third-order valence-electron chi connectivity index (χ3n) is 3.79. The van der Waals surface area contributed by atoms with Crippen LogP contribution in [0.3, 0.4) is 0 Å². The third kappa shape index (κ3) is 4.99. The molecule has 0 bridgehead atoms. The molecule has 0 saturated heterocycles. The molecular formula is C20H18ClN3O2S. The van der Waals surface area contributed by atoms with Gasteiger partial charge in [-0.2, -0.15) is 5.10 Å². The van der Waals surface area contributed by atoms with Crippen LogP contribution in [0.4, 0.5) is 0 Å². The largest absolute Gasteiger partial charge is 0.350 e. The summed E-state index contributed by atoms with van der Waals surface area (Å²) in [6.45, 7) is 2.20. The van der Waals surface area contributed by atoms with E-state index in [1.807, 2.05) is 30.3 Å². The number of nitrogens with one attached hydrogen (secondary N) is 1. The highest BCUT2D eigenvalue weighted by atomic mass is 35.5. The van der Waals surface area contributed by atoms with Crippen LogP contribution >= 0.6 is 23.4 Å². The van der Waals surface area contributed by atoms with E-state index in [9.17, 15) is 9.59 Å². The summed E-state index contributed by atoms with van der Waals surface area (Å²) in [5.74, 6) is 0.226. The topological polar surface area (TPSA) is 64.0 Å². The molecule has 2 aromatic carbocycles. The minimum absolute atomic E-state index is 0.125. The van der Waals surface area contributed by atoms with Gasteiger partial charge in [0.05, 0.1) is 5.69 Å². The minimum atomic E-state index is -0.476. The van der Waals surface area contributed by atoms with Crippen LogP contribution in [0.2, 0.25) is 5.02 Å². The first-order valence-electron chi connectivity index (χ1n) is 8.37. The molecule has 0 unspecified atom stereocenters. The van der Waals surface area contributed by atoms with E-state index in [4.69, 9.17) is 11.6 Å². The first-order chi connectivity index (χ1) is 13.0. The van der Waals surface area contributed by atoms with Gasteiger partial charge >= 0.3 is 0 Å². The average molecular weight is 400 g/mol. The zero-order valence-electron chi connectivity index (χ0n) is 14.7. The van der Waals surface area contributed by atoms with E-state index in [1.165, 1.54) is 6.07 Å². The van der Waals surface area contributed by atoms with Crippen molar-refractivity contribution in [2.75, 3.05) is 12.3 Å². The number of nitrogens with zero attached hydrogens (tertiary/aromatic N) is 2. The number of halogens is 1. The van der Waals surface area contributed by atoms with Crippen LogP contribution in [-0.4, -0.2) is 28.0 Å². The van der Waals surface area contributed by atoms with E-state index in [2.05, 4.69) is 10.4 Å². The lowest BCUT2D eigenvalue weighted by molar-refractivity contribution is 0.0948. The Hall–Kier alpha value is -2.57. The lowest BCUT2D eigenvalue weighted by Gasteiger charge is -2.11. The quantitative estimate of drug-likeness (QED) is 0.507. The van der Waals surface area contributed by atoms with Crippen molar-refractivity contribution in [1.82, 2.24) is 15.1 Å². The standard InChI is InChI=1S/C20H18ClN3O2S/c1-14-13-18(25)19(23-24(14)16-9-7-15(21)8-10-16)20(26)22-11-12-27-17-5-3-2-4-6-17/h2-10,13H,11-12H2,1H3,(H,22,26). The highest BCUT2D eigenvalue weighted by molar-refractivity contribution is 7.99. The number of hydrogen-bond acceptors (Lipinski definition) is 4. The molecule has 3 aromatic rings. The summed E-state index contributed by atoms with van der Waals surface area (Å²) in [5, 5.41) is 7.61. The van der Waals surface area contributed by atoms with E-state index >= 15 is 0 Å². The van der Waals surface area contributed by atoms with Gasteiger partial charge in [-0.25, -0.2) is 4.68 Å². The molecule has 27 heavy (non-hydrogen) atoms. The van der Waals surface area contributed by atoms with Gasteiger partial charge < -0.3 is 5.32 Å². The monoisotopic (exact) mass is 399 g/mol. The lowest BCUT2D eigenvalue weighted by Crippen LogP contribution is -2.33. The van der Waals surface area contributed by atoms with Crippen LogP contribution in [0, 0.1) is 6.92 Å². The minimum Gasteiger partial charge on any atom is -0.350 e. The molecule has 5 nitrogen and oxygen atoms in total. The first-order valence-corrected chi connectivity index (χ1v) is 9.74. The SMILES string of the molecule is Cc1cc(=O)c(C(=O)NCCSc2ccccc2)nn1-c1ccc(Cl)cc1. The van der Waals surface area contributed by atoms with Crippen LogP contribution < -0.4 is 10.7 Å². The molecular weight excluding hydrogens is 382 g/mol. The second-order valence-electron chi connectivity index (χ2n) is 5.80. The van der Waals surface area contributed by atoms with Gasteiger partial charge in [-0.05, 0) is 43.3 Å². The molecule has 1 N–H and O–H groups in total. The second-order valence-corrected chi connectivity index (χ2v) is 7.41.